The molecule has 0 N–H and O–H groups in total. The summed E-state index contributed by atoms with van der Waals surface area (Å²) in [5.74, 6) is 2.55. The fourth-order valence-electron chi connectivity index (χ4n) is 2.76. The molecule has 2 aromatic heterocycles. The summed E-state index contributed by atoms with van der Waals surface area (Å²) in [6, 6.07) is 15.8. The van der Waals surface area contributed by atoms with Gasteiger partial charge in [-0.05, 0) is 18.2 Å². The van der Waals surface area contributed by atoms with Crippen molar-refractivity contribution in [1.82, 2.24) is 24.3 Å². The highest BCUT2D eigenvalue weighted by Gasteiger charge is 2.13. The lowest BCUT2D eigenvalue weighted by Gasteiger charge is -2.04. The van der Waals surface area contributed by atoms with Gasteiger partial charge in [0.15, 0.2) is 11.0 Å². The third kappa shape index (κ3) is 3.03. The van der Waals surface area contributed by atoms with Crippen LogP contribution in [0.3, 0.4) is 0 Å². The van der Waals surface area contributed by atoms with Crippen LogP contribution in [0.15, 0.2) is 53.7 Å². The van der Waals surface area contributed by atoms with Gasteiger partial charge in [0, 0.05) is 24.7 Å². The minimum atomic E-state index is 0.700. The molecule has 5 nitrogen and oxygen atoms in total. The van der Waals surface area contributed by atoms with Crippen LogP contribution in [0.2, 0.25) is 5.02 Å². The Kier molecular flexibility index (Phi) is 4.23. The molecule has 0 aliphatic rings. The van der Waals surface area contributed by atoms with E-state index in [1.165, 1.54) is 0 Å². The van der Waals surface area contributed by atoms with Gasteiger partial charge in [0.25, 0.3) is 0 Å². The number of hydrogen-bond acceptors (Lipinski definition) is 4. The molecular weight excluding hydrogens is 354 g/mol. The first kappa shape index (κ1) is 16.2. The Morgan fingerprint density at radius 2 is 1.80 bits per heavy atom. The maximum Gasteiger partial charge on any atom is 0.191 e. The molecule has 25 heavy (non-hydrogen) atoms. The first-order valence-corrected chi connectivity index (χ1v) is 9.18. The third-order valence-corrected chi connectivity index (χ3v) is 5.38. The molecule has 0 unspecified atom stereocenters. The zero-order valence-corrected chi connectivity index (χ0v) is 15.4. The van der Waals surface area contributed by atoms with E-state index >= 15 is 0 Å². The van der Waals surface area contributed by atoms with E-state index in [0.29, 0.717) is 10.8 Å². The van der Waals surface area contributed by atoms with Crippen LogP contribution in [-0.2, 0) is 19.8 Å². The number of imidazole rings is 1. The van der Waals surface area contributed by atoms with E-state index < -0.39 is 0 Å². The molecule has 0 radical (unpaired) electrons. The van der Waals surface area contributed by atoms with Gasteiger partial charge in [-0.1, -0.05) is 53.7 Å². The molecule has 0 saturated heterocycles. The van der Waals surface area contributed by atoms with Gasteiger partial charge in [-0.3, -0.25) is 0 Å². The van der Waals surface area contributed by atoms with E-state index in [1.807, 2.05) is 67.2 Å². The zero-order chi connectivity index (χ0) is 17.4. The van der Waals surface area contributed by atoms with Crippen LogP contribution in [0.5, 0.6) is 0 Å². The molecule has 0 atom stereocenters. The van der Waals surface area contributed by atoms with Crippen molar-refractivity contribution in [2.75, 3.05) is 0 Å². The van der Waals surface area contributed by atoms with Crippen LogP contribution in [-0.4, -0.2) is 24.3 Å². The van der Waals surface area contributed by atoms with Crippen LogP contribution in [0.4, 0.5) is 0 Å². The number of aryl methyl sites for hydroxylation is 1. The Labute approximate surface area is 154 Å². The molecule has 0 saturated carbocycles. The van der Waals surface area contributed by atoms with E-state index in [4.69, 9.17) is 11.6 Å². The van der Waals surface area contributed by atoms with Gasteiger partial charge < -0.3 is 9.13 Å². The van der Waals surface area contributed by atoms with Crippen molar-refractivity contribution < 1.29 is 0 Å². The molecule has 4 aromatic rings. The highest BCUT2D eigenvalue weighted by atomic mass is 35.5. The fourth-order valence-corrected chi connectivity index (χ4v) is 3.82. The maximum atomic E-state index is 6.06. The minimum Gasteiger partial charge on any atom is -0.330 e. The SMILES string of the molecule is Cn1c(SCc2nc3cc(Cl)ccc3n2C)nnc1-c1ccccc1. The Balaban J connectivity index is 1.58. The van der Waals surface area contributed by atoms with Crippen molar-refractivity contribution in [2.45, 2.75) is 10.9 Å². The van der Waals surface area contributed by atoms with Crippen LogP contribution < -0.4 is 0 Å². The Morgan fingerprint density at radius 1 is 1.00 bits per heavy atom. The van der Waals surface area contributed by atoms with E-state index in [9.17, 15) is 0 Å². The van der Waals surface area contributed by atoms with Crippen molar-refractivity contribution >= 4 is 34.4 Å². The molecule has 2 heterocycles. The van der Waals surface area contributed by atoms with Gasteiger partial charge >= 0.3 is 0 Å². The van der Waals surface area contributed by atoms with Gasteiger partial charge in [-0.2, -0.15) is 0 Å². The molecule has 0 aliphatic heterocycles. The Bertz CT molecular complexity index is 1040. The first-order chi connectivity index (χ1) is 12.1. The third-order valence-electron chi connectivity index (χ3n) is 4.13. The summed E-state index contributed by atoms with van der Waals surface area (Å²) in [4.78, 5) is 4.68. The largest absolute Gasteiger partial charge is 0.330 e. The van der Waals surface area contributed by atoms with Gasteiger partial charge in [-0.25, -0.2) is 4.98 Å². The minimum absolute atomic E-state index is 0.700. The van der Waals surface area contributed by atoms with Gasteiger partial charge in [0.1, 0.15) is 5.82 Å². The number of halogens is 1. The maximum absolute atomic E-state index is 6.06. The molecule has 2 aromatic carbocycles. The van der Waals surface area contributed by atoms with Gasteiger partial charge in [-0.15, -0.1) is 10.2 Å². The van der Waals surface area contributed by atoms with Crippen molar-refractivity contribution in [1.29, 1.82) is 0 Å². The predicted octanol–water partition coefficient (Wildman–Crippen LogP) is 4.31. The van der Waals surface area contributed by atoms with Crippen molar-refractivity contribution in [2.24, 2.45) is 14.1 Å². The number of hydrogen-bond donors (Lipinski definition) is 0. The van der Waals surface area contributed by atoms with Gasteiger partial charge in [0.05, 0.1) is 16.8 Å². The summed E-state index contributed by atoms with van der Waals surface area (Å²) in [7, 11) is 4.00. The molecule has 0 bridgehead atoms. The number of aromatic nitrogens is 5. The second-order valence-corrected chi connectivity index (χ2v) is 7.12. The van der Waals surface area contributed by atoms with Crippen molar-refractivity contribution in [3.63, 3.8) is 0 Å². The fraction of sp³-hybridized carbons (Fsp3) is 0.167. The number of thioether (sulfide) groups is 1. The second-order valence-electron chi connectivity index (χ2n) is 5.74. The lowest BCUT2D eigenvalue weighted by Crippen LogP contribution is -1.98. The highest BCUT2D eigenvalue weighted by Crippen LogP contribution is 2.27. The summed E-state index contributed by atoms with van der Waals surface area (Å²) in [6.07, 6.45) is 0. The topological polar surface area (TPSA) is 48.5 Å². The molecule has 4 rings (SSSR count). The lowest BCUT2D eigenvalue weighted by atomic mass is 10.2. The van der Waals surface area contributed by atoms with Crippen LogP contribution in [0, 0.1) is 0 Å². The lowest BCUT2D eigenvalue weighted by molar-refractivity contribution is 0.791. The van der Waals surface area contributed by atoms with Crippen LogP contribution in [0.25, 0.3) is 22.4 Å². The Hall–Kier alpha value is -2.31. The van der Waals surface area contributed by atoms with Crippen LogP contribution in [0.1, 0.15) is 5.82 Å². The summed E-state index contributed by atoms with van der Waals surface area (Å²) in [6.45, 7) is 0. The molecular formula is C18H16ClN5S. The van der Waals surface area contributed by atoms with Crippen LogP contribution >= 0.6 is 23.4 Å². The molecule has 0 aliphatic carbocycles. The average molecular weight is 370 g/mol. The van der Waals surface area contributed by atoms with Crippen molar-refractivity contribution in [3.05, 3.63) is 59.4 Å². The van der Waals surface area contributed by atoms with E-state index in [2.05, 4.69) is 19.7 Å². The number of rotatable bonds is 4. The molecule has 126 valence electrons. The number of benzene rings is 2. The summed E-state index contributed by atoms with van der Waals surface area (Å²) >= 11 is 7.68. The molecule has 7 heteroatoms. The molecule has 0 fully saturated rings. The monoisotopic (exact) mass is 369 g/mol. The second kappa shape index (κ2) is 6.54. The van der Waals surface area contributed by atoms with E-state index in [0.717, 1.165) is 33.4 Å². The Morgan fingerprint density at radius 3 is 2.60 bits per heavy atom. The average Bonchev–Trinajstić information content (AvgIpc) is 3.14. The van der Waals surface area contributed by atoms with Crippen molar-refractivity contribution in [3.8, 4) is 11.4 Å². The predicted molar refractivity (Wildman–Crippen MR) is 102 cm³/mol. The number of fused-ring (bicyclic) bond motifs is 1. The smallest absolute Gasteiger partial charge is 0.191 e. The standard InChI is InChI=1S/C18H16ClN5S/c1-23-15-9-8-13(19)10-14(15)20-16(23)11-25-18-22-21-17(24(18)2)12-6-4-3-5-7-12/h3-10H,11H2,1-2H3. The zero-order valence-electron chi connectivity index (χ0n) is 13.8. The summed E-state index contributed by atoms with van der Waals surface area (Å²) in [5.41, 5.74) is 3.04. The van der Waals surface area contributed by atoms with E-state index in [1.54, 1.807) is 11.8 Å². The normalized spacial score (nSPS) is 11.3. The number of nitrogens with zero attached hydrogens (tertiary/aromatic N) is 5. The molecule has 0 amide bonds. The van der Waals surface area contributed by atoms with Gasteiger partial charge in [0.2, 0.25) is 0 Å². The summed E-state index contributed by atoms with van der Waals surface area (Å²) < 4.78 is 4.10. The van der Waals surface area contributed by atoms with E-state index in [-0.39, 0.29) is 0 Å². The quantitative estimate of drug-likeness (QED) is 0.503. The highest BCUT2D eigenvalue weighted by molar-refractivity contribution is 7.98. The molecule has 0 spiro atoms. The summed E-state index contributed by atoms with van der Waals surface area (Å²) in [5, 5.41) is 10.2. The first-order valence-electron chi connectivity index (χ1n) is 7.82.